The molecule has 1 saturated carbocycles. The Hall–Kier alpha value is -1.06. The maximum atomic E-state index is 11.7. The summed E-state index contributed by atoms with van der Waals surface area (Å²) in [6.45, 7) is 3.31. The summed E-state index contributed by atoms with van der Waals surface area (Å²) < 4.78 is 0. The van der Waals surface area contributed by atoms with Gasteiger partial charge < -0.3 is 10.6 Å². The van der Waals surface area contributed by atoms with Crippen LogP contribution in [0.3, 0.4) is 0 Å². The standard InChI is InChI=1S/C14H19ClN2O/c1-10(12-3-2-4-13(15)7-12)17-14(18)9-16-8-11-5-6-11/h2-4,7,10-11,16H,5-6,8-9H2,1H3,(H,17,18). The van der Waals surface area contributed by atoms with Crippen LogP contribution in [0.1, 0.15) is 31.4 Å². The number of carbonyl (C=O) groups excluding carboxylic acids is 1. The molecule has 0 heterocycles. The summed E-state index contributed by atoms with van der Waals surface area (Å²) in [5.41, 5.74) is 1.03. The molecule has 98 valence electrons. The third-order valence-corrected chi connectivity index (χ3v) is 3.38. The number of carbonyl (C=O) groups is 1. The normalized spacial score (nSPS) is 16.3. The van der Waals surface area contributed by atoms with Gasteiger partial charge in [0.15, 0.2) is 0 Å². The van der Waals surface area contributed by atoms with Gasteiger partial charge in [-0.15, -0.1) is 0 Å². The van der Waals surface area contributed by atoms with E-state index in [1.54, 1.807) is 0 Å². The van der Waals surface area contributed by atoms with Crippen molar-refractivity contribution in [3.63, 3.8) is 0 Å². The van der Waals surface area contributed by atoms with E-state index in [0.29, 0.717) is 11.6 Å². The van der Waals surface area contributed by atoms with Gasteiger partial charge in [-0.3, -0.25) is 4.79 Å². The van der Waals surface area contributed by atoms with E-state index in [-0.39, 0.29) is 11.9 Å². The first-order valence-corrected chi connectivity index (χ1v) is 6.78. The van der Waals surface area contributed by atoms with Crippen LogP contribution in [-0.2, 0) is 4.79 Å². The van der Waals surface area contributed by atoms with E-state index in [2.05, 4.69) is 10.6 Å². The molecule has 0 bridgehead atoms. The lowest BCUT2D eigenvalue weighted by Crippen LogP contribution is -2.36. The Labute approximate surface area is 113 Å². The van der Waals surface area contributed by atoms with E-state index < -0.39 is 0 Å². The van der Waals surface area contributed by atoms with Gasteiger partial charge in [0.2, 0.25) is 5.91 Å². The van der Waals surface area contributed by atoms with Crippen molar-refractivity contribution in [1.29, 1.82) is 0 Å². The van der Waals surface area contributed by atoms with Crippen molar-refractivity contribution in [2.45, 2.75) is 25.8 Å². The molecule has 1 unspecified atom stereocenters. The first-order chi connectivity index (χ1) is 8.65. The van der Waals surface area contributed by atoms with Crippen molar-refractivity contribution in [3.8, 4) is 0 Å². The van der Waals surface area contributed by atoms with Crippen molar-refractivity contribution in [2.75, 3.05) is 13.1 Å². The maximum Gasteiger partial charge on any atom is 0.234 e. The van der Waals surface area contributed by atoms with Crippen LogP contribution >= 0.6 is 11.6 Å². The quantitative estimate of drug-likeness (QED) is 0.831. The summed E-state index contributed by atoms with van der Waals surface area (Å²) in [5.74, 6) is 0.825. The number of hydrogen-bond donors (Lipinski definition) is 2. The number of rotatable bonds is 6. The van der Waals surface area contributed by atoms with Gasteiger partial charge in [-0.2, -0.15) is 0 Å². The molecule has 2 N–H and O–H groups in total. The molecular formula is C14H19ClN2O. The summed E-state index contributed by atoms with van der Waals surface area (Å²) in [5, 5.41) is 6.83. The van der Waals surface area contributed by atoms with Crippen LogP contribution in [-0.4, -0.2) is 19.0 Å². The first-order valence-electron chi connectivity index (χ1n) is 6.40. The minimum Gasteiger partial charge on any atom is -0.348 e. The molecule has 0 aromatic heterocycles. The lowest BCUT2D eigenvalue weighted by Gasteiger charge is -2.15. The summed E-state index contributed by atoms with van der Waals surface area (Å²) in [6.07, 6.45) is 2.60. The lowest BCUT2D eigenvalue weighted by atomic mass is 10.1. The van der Waals surface area contributed by atoms with E-state index in [1.165, 1.54) is 12.8 Å². The molecule has 1 aromatic carbocycles. The van der Waals surface area contributed by atoms with Crippen LogP contribution in [0.4, 0.5) is 0 Å². The maximum absolute atomic E-state index is 11.7. The zero-order valence-electron chi connectivity index (χ0n) is 10.6. The molecule has 0 spiro atoms. The summed E-state index contributed by atoms with van der Waals surface area (Å²) >= 11 is 5.93. The Balaban J connectivity index is 1.75. The van der Waals surface area contributed by atoms with Crippen LogP contribution in [0.5, 0.6) is 0 Å². The SMILES string of the molecule is CC(NC(=O)CNCC1CC1)c1cccc(Cl)c1. The van der Waals surface area contributed by atoms with E-state index in [9.17, 15) is 4.79 Å². The monoisotopic (exact) mass is 266 g/mol. The molecule has 1 aromatic rings. The Kier molecular flexibility index (Phi) is 4.61. The van der Waals surface area contributed by atoms with E-state index in [1.807, 2.05) is 31.2 Å². The average Bonchev–Trinajstić information content (AvgIpc) is 3.13. The molecule has 1 atom stereocenters. The number of nitrogens with one attached hydrogen (secondary N) is 2. The zero-order chi connectivity index (χ0) is 13.0. The second-order valence-corrected chi connectivity index (χ2v) is 5.35. The van der Waals surface area contributed by atoms with Gasteiger partial charge in [-0.05, 0) is 49.9 Å². The van der Waals surface area contributed by atoms with Gasteiger partial charge in [0.1, 0.15) is 0 Å². The fraction of sp³-hybridized carbons (Fsp3) is 0.500. The number of amides is 1. The summed E-state index contributed by atoms with van der Waals surface area (Å²) in [7, 11) is 0. The molecule has 0 radical (unpaired) electrons. The highest BCUT2D eigenvalue weighted by Gasteiger charge is 2.20. The van der Waals surface area contributed by atoms with Gasteiger partial charge in [-0.25, -0.2) is 0 Å². The molecule has 1 aliphatic rings. The van der Waals surface area contributed by atoms with E-state index in [4.69, 9.17) is 11.6 Å². The summed E-state index contributed by atoms with van der Waals surface area (Å²) in [6, 6.07) is 7.56. The molecule has 1 amide bonds. The lowest BCUT2D eigenvalue weighted by molar-refractivity contribution is -0.120. The molecule has 1 fully saturated rings. The second-order valence-electron chi connectivity index (χ2n) is 4.92. The fourth-order valence-electron chi connectivity index (χ4n) is 1.86. The second kappa shape index (κ2) is 6.21. The van der Waals surface area contributed by atoms with Crippen molar-refractivity contribution in [2.24, 2.45) is 5.92 Å². The molecule has 1 aliphatic carbocycles. The van der Waals surface area contributed by atoms with Crippen molar-refractivity contribution in [3.05, 3.63) is 34.9 Å². The Morgan fingerprint density at radius 1 is 1.50 bits per heavy atom. The van der Waals surface area contributed by atoms with Crippen molar-refractivity contribution in [1.82, 2.24) is 10.6 Å². The predicted molar refractivity (Wildman–Crippen MR) is 73.6 cm³/mol. The average molecular weight is 267 g/mol. The predicted octanol–water partition coefficient (Wildman–Crippen LogP) is 2.52. The van der Waals surface area contributed by atoms with Crippen LogP contribution in [0, 0.1) is 5.92 Å². The zero-order valence-corrected chi connectivity index (χ0v) is 11.3. The largest absolute Gasteiger partial charge is 0.348 e. The minimum absolute atomic E-state index is 0.0149. The fourth-order valence-corrected chi connectivity index (χ4v) is 2.06. The Bertz CT molecular complexity index is 418. The minimum atomic E-state index is -0.0149. The first kappa shape index (κ1) is 13.4. The highest BCUT2D eigenvalue weighted by atomic mass is 35.5. The number of hydrogen-bond acceptors (Lipinski definition) is 2. The number of benzene rings is 1. The molecule has 0 saturated heterocycles. The van der Waals surface area contributed by atoms with Crippen LogP contribution < -0.4 is 10.6 Å². The molecule has 3 nitrogen and oxygen atoms in total. The van der Waals surface area contributed by atoms with E-state index in [0.717, 1.165) is 18.0 Å². The highest BCUT2D eigenvalue weighted by Crippen LogP contribution is 2.27. The van der Waals surface area contributed by atoms with E-state index >= 15 is 0 Å². The Morgan fingerprint density at radius 3 is 2.94 bits per heavy atom. The molecule has 18 heavy (non-hydrogen) atoms. The molecule has 0 aliphatic heterocycles. The Morgan fingerprint density at radius 2 is 2.28 bits per heavy atom. The molecular weight excluding hydrogens is 248 g/mol. The topological polar surface area (TPSA) is 41.1 Å². The van der Waals surface area contributed by atoms with Crippen LogP contribution in [0.2, 0.25) is 5.02 Å². The molecule has 2 rings (SSSR count). The van der Waals surface area contributed by atoms with Gasteiger partial charge in [0.05, 0.1) is 12.6 Å². The number of halogens is 1. The summed E-state index contributed by atoms with van der Waals surface area (Å²) in [4.78, 5) is 11.7. The third kappa shape index (κ3) is 4.31. The smallest absolute Gasteiger partial charge is 0.234 e. The third-order valence-electron chi connectivity index (χ3n) is 3.14. The highest BCUT2D eigenvalue weighted by molar-refractivity contribution is 6.30. The van der Waals surface area contributed by atoms with Gasteiger partial charge in [-0.1, -0.05) is 23.7 Å². The van der Waals surface area contributed by atoms with Gasteiger partial charge >= 0.3 is 0 Å². The van der Waals surface area contributed by atoms with Gasteiger partial charge in [0, 0.05) is 5.02 Å². The van der Waals surface area contributed by atoms with Crippen LogP contribution in [0.25, 0.3) is 0 Å². The van der Waals surface area contributed by atoms with Crippen molar-refractivity contribution >= 4 is 17.5 Å². The van der Waals surface area contributed by atoms with Crippen molar-refractivity contribution < 1.29 is 4.79 Å². The van der Waals surface area contributed by atoms with Gasteiger partial charge in [0.25, 0.3) is 0 Å². The van der Waals surface area contributed by atoms with Crippen LogP contribution in [0.15, 0.2) is 24.3 Å². The molecule has 4 heteroatoms.